The van der Waals surface area contributed by atoms with E-state index >= 15 is 0 Å². The normalized spacial score (nSPS) is 14.5. The third-order valence-electron chi connectivity index (χ3n) is 5.88. The fourth-order valence-electron chi connectivity index (χ4n) is 4.11. The lowest BCUT2D eigenvalue weighted by molar-refractivity contribution is 0.0767. The molecule has 170 valence electrons. The van der Waals surface area contributed by atoms with E-state index in [4.69, 9.17) is 4.74 Å². The molecule has 0 spiro atoms. The van der Waals surface area contributed by atoms with Crippen LogP contribution in [-0.2, 0) is 6.61 Å². The number of thiazole rings is 1. The van der Waals surface area contributed by atoms with E-state index in [0.29, 0.717) is 18.7 Å². The van der Waals surface area contributed by atoms with Crippen molar-refractivity contribution in [2.24, 2.45) is 0 Å². The molecular formula is C25H27N5O2S. The summed E-state index contributed by atoms with van der Waals surface area (Å²) in [4.78, 5) is 26.5. The zero-order chi connectivity index (χ0) is 22.8. The lowest BCUT2D eigenvalue weighted by Gasteiger charge is -2.22. The Kier molecular flexibility index (Phi) is 6.00. The Bertz CT molecular complexity index is 1260. The van der Waals surface area contributed by atoms with Gasteiger partial charge in [0.15, 0.2) is 5.13 Å². The van der Waals surface area contributed by atoms with Crippen LogP contribution < -0.4 is 9.64 Å². The number of nitrogens with zero attached hydrogens (tertiary/aromatic N) is 5. The molecule has 1 aromatic carbocycles. The van der Waals surface area contributed by atoms with E-state index in [2.05, 4.69) is 20.2 Å². The topological polar surface area (TPSA) is 63.0 Å². The van der Waals surface area contributed by atoms with Crippen LogP contribution >= 0.6 is 11.3 Å². The van der Waals surface area contributed by atoms with Gasteiger partial charge in [0.25, 0.3) is 5.91 Å². The van der Waals surface area contributed by atoms with E-state index in [1.54, 1.807) is 11.3 Å². The van der Waals surface area contributed by atoms with Crippen molar-refractivity contribution in [3.63, 3.8) is 0 Å². The van der Waals surface area contributed by atoms with Crippen molar-refractivity contribution in [3.8, 4) is 5.75 Å². The first-order valence-corrected chi connectivity index (χ1v) is 12.1. The van der Waals surface area contributed by atoms with Crippen molar-refractivity contribution >= 4 is 28.0 Å². The van der Waals surface area contributed by atoms with Crippen molar-refractivity contribution in [2.45, 2.75) is 26.9 Å². The first-order chi connectivity index (χ1) is 16.1. The van der Waals surface area contributed by atoms with Gasteiger partial charge in [-0.2, -0.15) is 0 Å². The average Bonchev–Trinajstić information content (AvgIpc) is 3.37. The Morgan fingerprint density at radius 2 is 1.91 bits per heavy atom. The molecule has 3 aromatic heterocycles. The molecule has 1 saturated heterocycles. The molecule has 0 aliphatic carbocycles. The van der Waals surface area contributed by atoms with Gasteiger partial charge in [0.1, 0.15) is 18.0 Å². The number of fused-ring (bicyclic) bond motifs is 1. The number of hydrogen-bond acceptors (Lipinski definition) is 6. The van der Waals surface area contributed by atoms with E-state index in [-0.39, 0.29) is 5.91 Å². The van der Waals surface area contributed by atoms with Gasteiger partial charge in [-0.3, -0.25) is 4.79 Å². The molecule has 1 amide bonds. The molecular weight excluding hydrogens is 434 g/mol. The summed E-state index contributed by atoms with van der Waals surface area (Å²) < 4.78 is 7.92. The van der Waals surface area contributed by atoms with Crippen LogP contribution in [0.15, 0.2) is 54.2 Å². The lowest BCUT2D eigenvalue weighted by atomic mass is 10.2. The quantitative estimate of drug-likeness (QED) is 0.442. The number of imidazole rings is 1. The van der Waals surface area contributed by atoms with Crippen LogP contribution in [0.1, 0.15) is 33.7 Å². The molecule has 0 N–H and O–H groups in total. The average molecular weight is 462 g/mol. The van der Waals surface area contributed by atoms with E-state index in [1.807, 2.05) is 71.9 Å². The summed E-state index contributed by atoms with van der Waals surface area (Å²) in [5, 5.41) is 3.12. The SMILES string of the molecule is Cc1csc(N2CCCN(C(=O)c3ccc(OCc4cn5cccc(C)c5n4)cc3)CC2)n1. The second-order valence-electron chi connectivity index (χ2n) is 8.37. The first-order valence-electron chi connectivity index (χ1n) is 11.2. The van der Waals surface area contributed by atoms with E-state index in [9.17, 15) is 4.79 Å². The Balaban J connectivity index is 1.19. The number of anilines is 1. The number of ether oxygens (including phenoxy) is 1. The molecule has 5 rings (SSSR count). The number of aromatic nitrogens is 3. The number of hydrogen-bond donors (Lipinski definition) is 0. The third kappa shape index (κ3) is 4.71. The molecule has 4 aromatic rings. The molecule has 0 bridgehead atoms. The van der Waals surface area contributed by atoms with E-state index in [1.165, 1.54) is 0 Å². The highest BCUT2D eigenvalue weighted by Gasteiger charge is 2.21. The molecule has 33 heavy (non-hydrogen) atoms. The first kappa shape index (κ1) is 21.5. The maximum atomic E-state index is 13.1. The Hall–Kier alpha value is -3.39. The predicted molar refractivity (Wildman–Crippen MR) is 130 cm³/mol. The number of amides is 1. The summed E-state index contributed by atoms with van der Waals surface area (Å²) in [6.45, 7) is 7.62. The van der Waals surface area contributed by atoms with E-state index in [0.717, 1.165) is 59.5 Å². The van der Waals surface area contributed by atoms with E-state index < -0.39 is 0 Å². The smallest absolute Gasteiger partial charge is 0.253 e. The van der Waals surface area contributed by atoms with Gasteiger partial charge in [0, 0.05) is 49.5 Å². The van der Waals surface area contributed by atoms with Crippen molar-refractivity contribution in [1.29, 1.82) is 0 Å². The van der Waals surface area contributed by atoms with Crippen LogP contribution in [0.3, 0.4) is 0 Å². The molecule has 0 atom stereocenters. The maximum Gasteiger partial charge on any atom is 0.253 e. The van der Waals surface area contributed by atoms with Crippen LogP contribution in [0, 0.1) is 13.8 Å². The molecule has 0 saturated carbocycles. The van der Waals surface area contributed by atoms with Gasteiger partial charge in [-0.25, -0.2) is 9.97 Å². The monoisotopic (exact) mass is 461 g/mol. The number of pyridine rings is 1. The second-order valence-corrected chi connectivity index (χ2v) is 9.21. The van der Waals surface area contributed by atoms with Crippen LogP contribution in [0.4, 0.5) is 5.13 Å². The summed E-state index contributed by atoms with van der Waals surface area (Å²) in [6, 6.07) is 11.5. The van der Waals surface area contributed by atoms with Crippen LogP contribution in [-0.4, -0.2) is 51.4 Å². The largest absolute Gasteiger partial charge is 0.487 e. The molecule has 0 radical (unpaired) electrons. The minimum absolute atomic E-state index is 0.0644. The van der Waals surface area contributed by atoms with Crippen LogP contribution in [0.5, 0.6) is 5.75 Å². The van der Waals surface area contributed by atoms with Crippen molar-refractivity contribution < 1.29 is 9.53 Å². The molecule has 1 aliphatic heterocycles. The molecule has 0 unspecified atom stereocenters. The summed E-state index contributed by atoms with van der Waals surface area (Å²) in [5.41, 5.74) is 4.67. The maximum absolute atomic E-state index is 13.1. The Morgan fingerprint density at radius 1 is 1.06 bits per heavy atom. The highest BCUT2D eigenvalue weighted by Crippen LogP contribution is 2.22. The predicted octanol–water partition coefficient (Wildman–Crippen LogP) is 4.34. The highest BCUT2D eigenvalue weighted by molar-refractivity contribution is 7.13. The standard InChI is InChI=1S/C25H27N5O2S/c1-18-5-3-10-30-15-21(27-23(18)30)16-32-22-8-6-20(7-9-22)24(31)28-11-4-12-29(14-13-28)25-26-19(2)17-33-25/h3,5-10,15,17H,4,11-14,16H2,1-2H3. The highest BCUT2D eigenvalue weighted by atomic mass is 32.1. The van der Waals surface area contributed by atoms with Gasteiger partial charge in [-0.1, -0.05) is 6.07 Å². The number of rotatable bonds is 5. The summed E-state index contributed by atoms with van der Waals surface area (Å²) >= 11 is 1.67. The van der Waals surface area contributed by atoms with Crippen LogP contribution in [0.2, 0.25) is 0 Å². The van der Waals surface area contributed by atoms with Gasteiger partial charge in [0.05, 0.1) is 11.4 Å². The minimum Gasteiger partial charge on any atom is -0.487 e. The van der Waals surface area contributed by atoms with Gasteiger partial charge in [-0.15, -0.1) is 11.3 Å². The Labute approximate surface area is 197 Å². The molecule has 1 aliphatic rings. The van der Waals surface area contributed by atoms with Crippen molar-refractivity contribution in [3.05, 3.63) is 76.7 Å². The summed E-state index contributed by atoms with van der Waals surface area (Å²) in [7, 11) is 0. The number of carbonyl (C=O) groups excluding carboxylic acids is 1. The zero-order valence-corrected chi connectivity index (χ0v) is 19.7. The number of benzene rings is 1. The summed E-state index contributed by atoms with van der Waals surface area (Å²) in [6.07, 6.45) is 4.90. The summed E-state index contributed by atoms with van der Waals surface area (Å²) in [5.74, 6) is 0.788. The van der Waals surface area contributed by atoms with Crippen molar-refractivity contribution in [1.82, 2.24) is 19.3 Å². The third-order valence-corrected chi connectivity index (χ3v) is 6.90. The fourth-order valence-corrected chi connectivity index (χ4v) is 4.96. The fraction of sp³-hybridized carbons (Fsp3) is 0.320. The molecule has 1 fully saturated rings. The molecule has 8 heteroatoms. The zero-order valence-electron chi connectivity index (χ0n) is 18.9. The molecule has 7 nitrogen and oxygen atoms in total. The molecule has 4 heterocycles. The lowest BCUT2D eigenvalue weighted by Crippen LogP contribution is -2.35. The van der Waals surface area contributed by atoms with Gasteiger partial charge in [-0.05, 0) is 56.2 Å². The number of aryl methyl sites for hydroxylation is 2. The number of carbonyl (C=O) groups is 1. The van der Waals surface area contributed by atoms with Gasteiger partial charge < -0.3 is 18.9 Å². The second kappa shape index (κ2) is 9.23. The van der Waals surface area contributed by atoms with Gasteiger partial charge >= 0.3 is 0 Å². The van der Waals surface area contributed by atoms with Gasteiger partial charge in [0.2, 0.25) is 0 Å². The van der Waals surface area contributed by atoms with Crippen molar-refractivity contribution in [2.75, 3.05) is 31.1 Å². The van der Waals surface area contributed by atoms with Crippen LogP contribution in [0.25, 0.3) is 5.65 Å². The minimum atomic E-state index is 0.0644. The Morgan fingerprint density at radius 3 is 2.67 bits per heavy atom.